The average Bonchev–Trinajstić information content (AvgIpc) is 1.96. The number of aryl methyl sites for hydroxylation is 3. The number of rotatable bonds is 2. The van der Waals surface area contributed by atoms with Gasteiger partial charge in [-0.3, -0.25) is 0 Å². The van der Waals surface area contributed by atoms with E-state index in [9.17, 15) is 0 Å². The third kappa shape index (κ3) is 2.02. The standard InChI is InChI=1S/C10H14OS/c1-7-4-8(2)10(6-11-12)9(3)5-7/h4-5,12H,6H2,1-3H3/p+1. The highest BCUT2D eigenvalue weighted by molar-refractivity contribution is 7.53. The first-order valence-corrected chi connectivity index (χ1v) is 4.41. The Hall–Kier alpha value is -0.470. The van der Waals surface area contributed by atoms with Crippen molar-refractivity contribution in [3.63, 3.8) is 0 Å². The molecule has 12 heavy (non-hydrogen) atoms. The topological polar surface area (TPSA) is 9.23 Å². The van der Waals surface area contributed by atoms with Crippen LogP contribution in [0.4, 0.5) is 0 Å². The quantitative estimate of drug-likeness (QED) is 0.638. The predicted octanol–water partition coefficient (Wildman–Crippen LogP) is 2.05. The van der Waals surface area contributed by atoms with Crippen LogP contribution >= 0.6 is 0 Å². The molecule has 0 fully saturated rings. The van der Waals surface area contributed by atoms with E-state index in [1.807, 2.05) is 0 Å². The molecule has 1 aromatic rings. The number of hydrogen-bond acceptors (Lipinski definition) is 1. The molecule has 0 saturated heterocycles. The third-order valence-corrected chi connectivity index (χ3v) is 2.20. The van der Waals surface area contributed by atoms with Crippen LogP contribution in [0.2, 0.25) is 0 Å². The van der Waals surface area contributed by atoms with Crippen LogP contribution in [0, 0.1) is 20.8 Å². The van der Waals surface area contributed by atoms with Gasteiger partial charge in [-0.1, -0.05) is 17.7 Å². The molecule has 0 spiro atoms. The molecule has 0 aliphatic heterocycles. The maximum atomic E-state index is 4.93. The summed E-state index contributed by atoms with van der Waals surface area (Å²) < 4.78 is 4.93. The minimum Gasteiger partial charge on any atom is -0.174 e. The van der Waals surface area contributed by atoms with Gasteiger partial charge in [-0.15, -0.1) is 0 Å². The first-order chi connectivity index (χ1) is 5.65. The van der Waals surface area contributed by atoms with Crippen LogP contribution in [0.5, 0.6) is 0 Å². The maximum absolute atomic E-state index is 4.93. The van der Waals surface area contributed by atoms with Crippen LogP contribution in [-0.4, -0.2) is 0 Å². The van der Waals surface area contributed by atoms with E-state index in [0.717, 1.165) is 0 Å². The lowest BCUT2D eigenvalue weighted by atomic mass is 10.0. The highest BCUT2D eigenvalue weighted by atomic mass is 32.1. The van der Waals surface area contributed by atoms with Gasteiger partial charge in [0, 0.05) is 0 Å². The number of hydrogen-bond donors (Lipinski definition) is 0. The summed E-state index contributed by atoms with van der Waals surface area (Å²) in [4.78, 5) is 0. The second-order valence-corrected chi connectivity index (χ2v) is 3.45. The molecule has 0 unspecified atom stereocenters. The fraction of sp³-hybridized carbons (Fsp3) is 0.400. The Labute approximate surface area is 79.4 Å². The minimum absolute atomic E-state index is 0.634. The molecule has 0 saturated carbocycles. The van der Waals surface area contributed by atoms with Gasteiger partial charge in [0.2, 0.25) is 0 Å². The van der Waals surface area contributed by atoms with Crippen LogP contribution < -0.4 is 0 Å². The van der Waals surface area contributed by atoms with Crippen LogP contribution in [-0.2, 0) is 23.7 Å². The Morgan fingerprint density at radius 1 is 1.17 bits per heavy atom. The van der Waals surface area contributed by atoms with Crippen molar-refractivity contribution < 1.29 is 4.18 Å². The summed E-state index contributed by atoms with van der Waals surface area (Å²) in [6.07, 6.45) is 0. The SMILES string of the molecule is Cc1cc(C)c(CO[SH2+])c(C)c1. The van der Waals surface area contributed by atoms with E-state index in [4.69, 9.17) is 4.18 Å². The summed E-state index contributed by atoms with van der Waals surface area (Å²) in [6.45, 7) is 6.97. The van der Waals surface area contributed by atoms with Crippen LogP contribution in [0.1, 0.15) is 22.3 Å². The van der Waals surface area contributed by atoms with Gasteiger partial charge in [0.25, 0.3) is 0 Å². The minimum atomic E-state index is 0.634. The van der Waals surface area contributed by atoms with Gasteiger partial charge in [-0.25, -0.2) is 0 Å². The lowest BCUT2D eigenvalue weighted by molar-refractivity contribution is 0.366. The highest BCUT2D eigenvalue weighted by Gasteiger charge is 2.03. The predicted molar refractivity (Wildman–Crippen MR) is 55.6 cm³/mol. The Balaban J connectivity index is 3.10. The first-order valence-electron chi connectivity index (χ1n) is 4.00. The van der Waals surface area contributed by atoms with Gasteiger partial charge in [0.1, 0.15) is 19.5 Å². The van der Waals surface area contributed by atoms with Crippen molar-refractivity contribution >= 4 is 12.9 Å². The second kappa shape index (κ2) is 3.97. The van der Waals surface area contributed by atoms with Crippen LogP contribution in [0.25, 0.3) is 0 Å². The van der Waals surface area contributed by atoms with Crippen LogP contribution in [0.15, 0.2) is 12.1 Å². The van der Waals surface area contributed by atoms with E-state index in [1.165, 1.54) is 22.3 Å². The largest absolute Gasteiger partial charge is 0.174 e. The molecule has 0 aliphatic carbocycles. The summed E-state index contributed by atoms with van der Waals surface area (Å²) in [5, 5.41) is 0. The number of benzene rings is 1. The van der Waals surface area contributed by atoms with E-state index >= 15 is 0 Å². The smallest absolute Gasteiger partial charge is 0.129 e. The van der Waals surface area contributed by atoms with Crippen LogP contribution in [0.3, 0.4) is 0 Å². The molecule has 1 aromatic carbocycles. The Bertz CT molecular complexity index is 258. The Kier molecular flexibility index (Phi) is 3.18. The van der Waals surface area contributed by atoms with E-state index in [1.54, 1.807) is 0 Å². The molecule has 0 radical (unpaired) electrons. The highest BCUT2D eigenvalue weighted by Crippen LogP contribution is 2.16. The van der Waals surface area contributed by atoms with Crippen molar-refractivity contribution in [1.29, 1.82) is 0 Å². The van der Waals surface area contributed by atoms with Gasteiger partial charge in [0.05, 0.1) is 0 Å². The molecule has 0 amide bonds. The molecule has 66 valence electrons. The Morgan fingerprint density at radius 3 is 2.08 bits per heavy atom. The molecule has 0 N–H and O–H groups in total. The summed E-state index contributed by atoms with van der Waals surface area (Å²) in [6, 6.07) is 4.35. The lowest BCUT2D eigenvalue weighted by Crippen LogP contribution is -1.95. The van der Waals surface area contributed by atoms with Crippen molar-refractivity contribution in [2.45, 2.75) is 27.4 Å². The first kappa shape index (κ1) is 9.62. The summed E-state index contributed by atoms with van der Waals surface area (Å²) in [5.41, 5.74) is 5.18. The van der Waals surface area contributed by atoms with Gasteiger partial charge in [0.15, 0.2) is 0 Å². The van der Waals surface area contributed by atoms with E-state index in [-0.39, 0.29) is 0 Å². The Morgan fingerprint density at radius 2 is 1.67 bits per heavy atom. The molecule has 0 aliphatic rings. The zero-order valence-corrected chi connectivity index (χ0v) is 8.77. The van der Waals surface area contributed by atoms with E-state index in [2.05, 4.69) is 45.8 Å². The normalized spacial score (nSPS) is 10.3. The summed E-state index contributed by atoms with van der Waals surface area (Å²) in [5.74, 6) is 0. The zero-order valence-electron chi connectivity index (χ0n) is 7.77. The van der Waals surface area contributed by atoms with E-state index in [0.29, 0.717) is 6.61 Å². The fourth-order valence-electron chi connectivity index (χ4n) is 1.51. The fourth-order valence-corrected chi connectivity index (χ4v) is 1.65. The van der Waals surface area contributed by atoms with Gasteiger partial charge in [-0.2, -0.15) is 4.18 Å². The maximum Gasteiger partial charge on any atom is 0.129 e. The summed E-state index contributed by atoms with van der Waals surface area (Å²) in [7, 11) is 0. The van der Waals surface area contributed by atoms with Crippen molar-refractivity contribution in [2.75, 3.05) is 0 Å². The molecule has 1 rings (SSSR count). The summed E-state index contributed by atoms with van der Waals surface area (Å²) >= 11 is 3.02. The van der Waals surface area contributed by atoms with Gasteiger partial charge >= 0.3 is 0 Å². The van der Waals surface area contributed by atoms with Gasteiger partial charge < -0.3 is 0 Å². The average molecular weight is 183 g/mol. The molecular weight excluding hydrogens is 168 g/mol. The van der Waals surface area contributed by atoms with Crippen molar-refractivity contribution in [3.05, 3.63) is 34.4 Å². The molecule has 0 bridgehead atoms. The third-order valence-electron chi connectivity index (χ3n) is 2.06. The molecular formula is C10H15OS+. The van der Waals surface area contributed by atoms with Crippen molar-refractivity contribution in [2.24, 2.45) is 0 Å². The lowest BCUT2D eigenvalue weighted by Gasteiger charge is -2.07. The monoisotopic (exact) mass is 183 g/mol. The zero-order chi connectivity index (χ0) is 9.14. The van der Waals surface area contributed by atoms with E-state index < -0.39 is 0 Å². The van der Waals surface area contributed by atoms with Crippen molar-refractivity contribution in [1.82, 2.24) is 0 Å². The van der Waals surface area contributed by atoms with Gasteiger partial charge in [-0.05, 0) is 37.5 Å². The molecule has 0 aromatic heterocycles. The molecule has 1 nitrogen and oxygen atoms in total. The molecule has 0 atom stereocenters. The van der Waals surface area contributed by atoms with Crippen molar-refractivity contribution in [3.8, 4) is 0 Å². The molecule has 0 heterocycles. The molecule has 2 heteroatoms. The second-order valence-electron chi connectivity index (χ2n) is 3.17.